The van der Waals surface area contributed by atoms with E-state index in [1.807, 2.05) is 22.7 Å². The molecule has 6 nitrogen and oxygen atoms in total. The van der Waals surface area contributed by atoms with E-state index in [0.29, 0.717) is 5.92 Å². The molecule has 1 aromatic carbocycles. The summed E-state index contributed by atoms with van der Waals surface area (Å²) in [6, 6.07) is 5.79. The maximum absolute atomic E-state index is 5.36. The monoisotopic (exact) mass is 344 g/mol. The smallest absolute Gasteiger partial charge is 0.234 e. The molecule has 24 heavy (non-hydrogen) atoms. The zero-order valence-electron chi connectivity index (χ0n) is 13.9. The number of benzene rings is 1. The van der Waals surface area contributed by atoms with Gasteiger partial charge in [-0.15, -0.1) is 10.2 Å². The first-order valence-corrected chi connectivity index (χ1v) is 9.05. The van der Waals surface area contributed by atoms with Crippen LogP contribution in [0.4, 0.5) is 0 Å². The van der Waals surface area contributed by atoms with E-state index in [4.69, 9.17) is 14.6 Å². The van der Waals surface area contributed by atoms with Gasteiger partial charge in [0, 0.05) is 17.5 Å². The molecule has 0 unspecified atom stereocenters. The number of aromatic nitrogens is 4. The van der Waals surface area contributed by atoms with Crippen LogP contribution < -0.4 is 9.47 Å². The predicted molar refractivity (Wildman–Crippen MR) is 93.0 cm³/mol. The van der Waals surface area contributed by atoms with Gasteiger partial charge in [-0.2, -0.15) is 9.61 Å². The van der Waals surface area contributed by atoms with E-state index in [1.54, 1.807) is 25.6 Å². The van der Waals surface area contributed by atoms with Crippen LogP contribution in [0.3, 0.4) is 0 Å². The Balaban J connectivity index is 1.74. The second kappa shape index (κ2) is 6.39. The van der Waals surface area contributed by atoms with Crippen molar-refractivity contribution in [3.63, 3.8) is 0 Å². The average Bonchev–Trinajstić information content (AvgIpc) is 3.22. The Bertz CT molecular complexity index is 829. The Hall–Kier alpha value is -2.15. The maximum atomic E-state index is 5.36. The fourth-order valence-corrected chi connectivity index (χ4v) is 4.13. The van der Waals surface area contributed by atoms with Gasteiger partial charge in [-0.25, -0.2) is 0 Å². The highest BCUT2D eigenvalue weighted by Gasteiger charge is 2.23. The lowest BCUT2D eigenvalue weighted by Gasteiger charge is -2.18. The maximum Gasteiger partial charge on any atom is 0.234 e. The van der Waals surface area contributed by atoms with Crippen molar-refractivity contribution < 1.29 is 9.47 Å². The van der Waals surface area contributed by atoms with Crippen LogP contribution >= 0.6 is 11.3 Å². The molecule has 0 bridgehead atoms. The van der Waals surface area contributed by atoms with Crippen molar-refractivity contribution in [1.29, 1.82) is 0 Å². The molecule has 2 aromatic heterocycles. The normalized spacial score (nSPS) is 15.8. The number of rotatable bonds is 4. The van der Waals surface area contributed by atoms with Crippen LogP contribution in [0.2, 0.25) is 0 Å². The van der Waals surface area contributed by atoms with Gasteiger partial charge in [0.1, 0.15) is 16.5 Å². The summed E-state index contributed by atoms with van der Waals surface area (Å²) in [5.74, 6) is 2.98. The van der Waals surface area contributed by atoms with Crippen LogP contribution in [0.1, 0.15) is 43.8 Å². The van der Waals surface area contributed by atoms with E-state index < -0.39 is 0 Å². The van der Waals surface area contributed by atoms with Gasteiger partial charge in [0.25, 0.3) is 0 Å². The molecule has 1 saturated carbocycles. The molecular weight excluding hydrogens is 324 g/mol. The zero-order chi connectivity index (χ0) is 16.5. The molecule has 2 heterocycles. The van der Waals surface area contributed by atoms with E-state index >= 15 is 0 Å². The molecule has 1 fully saturated rings. The van der Waals surface area contributed by atoms with Crippen molar-refractivity contribution in [2.75, 3.05) is 14.2 Å². The molecule has 0 spiro atoms. The highest BCUT2D eigenvalue weighted by Crippen LogP contribution is 2.35. The van der Waals surface area contributed by atoms with Gasteiger partial charge in [-0.3, -0.25) is 0 Å². The van der Waals surface area contributed by atoms with Crippen molar-refractivity contribution in [2.24, 2.45) is 0 Å². The Morgan fingerprint density at radius 3 is 2.38 bits per heavy atom. The Morgan fingerprint density at radius 1 is 1.00 bits per heavy atom. The molecule has 0 radical (unpaired) electrons. The molecule has 1 aliphatic rings. The number of methoxy groups -OCH3 is 2. The summed E-state index contributed by atoms with van der Waals surface area (Å²) in [6.45, 7) is 0. The number of ether oxygens (including phenoxy) is 2. The zero-order valence-corrected chi connectivity index (χ0v) is 14.7. The van der Waals surface area contributed by atoms with Gasteiger partial charge < -0.3 is 9.47 Å². The number of nitrogens with zero attached hydrogens (tertiary/aromatic N) is 4. The van der Waals surface area contributed by atoms with Gasteiger partial charge >= 0.3 is 0 Å². The average molecular weight is 344 g/mol. The highest BCUT2D eigenvalue weighted by atomic mass is 32.1. The molecular formula is C17H20N4O2S. The summed E-state index contributed by atoms with van der Waals surface area (Å²) >= 11 is 1.54. The second-order valence-corrected chi connectivity index (χ2v) is 7.05. The van der Waals surface area contributed by atoms with Crippen LogP contribution in [0.5, 0.6) is 11.5 Å². The van der Waals surface area contributed by atoms with Crippen LogP contribution in [0, 0.1) is 0 Å². The Labute approximate surface area is 144 Å². The van der Waals surface area contributed by atoms with E-state index in [9.17, 15) is 0 Å². The largest absolute Gasteiger partial charge is 0.497 e. The van der Waals surface area contributed by atoms with Gasteiger partial charge in [0.05, 0.1) is 14.2 Å². The van der Waals surface area contributed by atoms with Crippen molar-refractivity contribution >= 4 is 16.3 Å². The molecule has 3 aromatic rings. The summed E-state index contributed by atoms with van der Waals surface area (Å²) in [5, 5.41) is 14.4. The van der Waals surface area contributed by atoms with Crippen LogP contribution in [0.15, 0.2) is 18.2 Å². The minimum Gasteiger partial charge on any atom is -0.497 e. The molecule has 0 saturated heterocycles. The second-order valence-electron chi connectivity index (χ2n) is 6.10. The van der Waals surface area contributed by atoms with Crippen LogP contribution in [0.25, 0.3) is 15.5 Å². The van der Waals surface area contributed by atoms with Gasteiger partial charge in [-0.05, 0) is 25.0 Å². The van der Waals surface area contributed by atoms with Crippen LogP contribution in [-0.4, -0.2) is 34.0 Å². The topological polar surface area (TPSA) is 61.5 Å². The quantitative estimate of drug-likeness (QED) is 0.718. The van der Waals surface area contributed by atoms with Gasteiger partial charge in [-0.1, -0.05) is 30.6 Å². The molecule has 0 aliphatic heterocycles. The van der Waals surface area contributed by atoms with Gasteiger partial charge in [0.15, 0.2) is 5.82 Å². The number of hydrogen-bond donors (Lipinski definition) is 0. The third-order valence-corrected chi connectivity index (χ3v) is 5.53. The first-order valence-electron chi connectivity index (χ1n) is 8.24. The molecule has 0 N–H and O–H groups in total. The number of hydrogen-bond acceptors (Lipinski definition) is 6. The minimum atomic E-state index is 0.476. The summed E-state index contributed by atoms with van der Waals surface area (Å²) in [7, 11) is 3.30. The van der Waals surface area contributed by atoms with E-state index in [-0.39, 0.29) is 0 Å². The molecule has 0 atom stereocenters. The minimum absolute atomic E-state index is 0.476. The third-order valence-electron chi connectivity index (χ3n) is 4.58. The summed E-state index contributed by atoms with van der Waals surface area (Å²) in [6.07, 6.45) is 6.22. The lowest BCUT2D eigenvalue weighted by Crippen LogP contribution is -2.09. The SMILES string of the molecule is COc1cc(OC)cc(-c2nn3c(C4CCCCC4)nnc3s2)c1. The Kier molecular flexibility index (Phi) is 4.10. The molecule has 0 amide bonds. The summed E-state index contributed by atoms with van der Waals surface area (Å²) in [5.41, 5.74) is 0.969. The molecule has 4 rings (SSSR count). The van der Waals surface area contributed by atoms with E-state index in [0.717, 1.165) is 32.9 Å². The summed E-state index contributed by atoms with van der Waals surface area (Å²) in [4.78, 5) is 0.840. The highest BCUT2D eigenvalue weighted by molar-refractivity contribution is 7.19. The third kappa shape index (κ3) is 2.73. The van der Waals surface area contributed by atoms with Crippen molar-refractivity contribution in [3.05, 3.63) is 24.0 Å². The fraction of sp³-hybridized carbons (Fsp3) is 0.471. The first-order chi connectivity index (χ1) is 11.8. The number of fused-ring (bicyclic) bond motifs is 1. The molecule has 7 heteroatoms. The Morgan fingerprint density at radius 2 is 1.71 bits per heavy atom. The van der Waals surface area contributed by atoms with Crippen LogP contribution in [-0.2, 0) is 0 Å². The van der Waals surface area contributed by atoms with E-state index in [1.165, 1.54) is 32.1 Å². The molecule has 1 aliphatic carbocycles. The van der Waals surface area contributed by atoms with E-state index in [2.05, 4.69) is 10.2 Å². The first kappa shape index (κ1) is 15.4. The van der Waals surface area contributed by atoms with Crippen molar-refractivity contribution in [3.8, 4) is 22.1 Å². The standard InChI is InChI=1S/C17H20N4O2S/c1-22-13-8-12(9-14(10-13)23-2)16-20-21-15(18-19-17(21)24-16)11-6-4-3-5-7-11/h8-11H,3-7H2,1-2H3. The summed E-state index contributed by atoms with van der Waals surface area (Å²) < 4.78 is 12.6. The van der Waals surface area contributed by atoms with Gasteiger partial charge in [0.2, 0.25) is 4.96 Å². The molecule has 126 valence electrons. The van der Waals surface area contributed by atoms with Crippen molar-refractivity contribution in [2.45, 2.75) is 38.0 Å². The lowest BCUT2D eigenvalue weighted by atomic mass is 9.89. The van der Waals surface area contributed by atoms with Crippen molar-refractivity contribution in [1.82, 2.24) is 19.8 Å². The fourth-order valence-electron chi connectivity index (χ4n) is 3.30. The lowest BCUT2D eigenvalue weighted by molar-refractivity contribution is 0.394. The predicted octanol–water partition coefficient (Wildman–Crippen LogP) is 3.92.